The first-order chi connectivity index (χ1) is 8.88. The molecule has 0 aromatic carbocycles. The number of hydrogen-bond donors (Lipinski definition) is 1. The Labute approximate surface area is 113 Å². The number of nitrogens with zero attached hydrogens (tertiary/aromatic N) is 1. The zero-order valence-electron chi connectivity index (χ0n) is 12.3. The second-order valence-corrected chi connectivity index (χ2v) is 5.20. The second kappa shape index (κ2) is 10.2. The summed E-state index contributed by atoms with van der Waals surface area (Å²) in [5.74, 6) is 0. The summed E-state index contributed by atoms with van der Waals surface area (Å²) >= 11 is 0. The summed E-state index contributed by atoms with van der Waals surface area (Å²) in [6, 6.07) is 4.36. The van der Waals surface area contributed by atoms with Crippen LogP contribution in [0.2, 0.25) is 0 Å². The molecular weight excluding hydrogens is 220 g/mol. The summed E-state index contributed by atoms with van der Waals surface area (Å²) in [7, 11) is 2.01. The zero-order chi connectivity index (χ0) is 13.1. The van der Waals surface area contributed by atoms with Gasteiger partial charge in [0.1, 0.15) is 0 Å². The Kier molecular flexibility index (Phi) is 8.66. The molecule has 0 bridgehead atoms. The van der Waals surface area contributed by atoms with Crippen molar-refractivity contribution in [1.82, 2.24) is 9.88 Å². The van der Waals surface area contributed by atoms with Gasteiger partial charge in [0.2, 0.25) is 0 Å². The van der Waals surface area contributed by atoms with Gasteiger partial charge in [-0.05, 0) is 25.6 Å². The Morgan fingerprint density at radius 2 is 1.67 bits per heavy atom. The number of hydrogen-bond acceptors (Lipinski definition) is 1. The fourth-order valence-corrected chi connectivity index (χ4v) is 2.43. The molecule has 2 heteroatoms. The molecule has 0 amide bonds. The van der Waals surface area contributed by atoms with Crippen molar-refractivity contribution in [2.75, 3.05) is 7.05 Å². The summed E-state index contributed by atoms with van der Waals surface area (Å²) in [6.07, 6.45) is 13.4. The minimum atomic E-state index is 0.976. The van der Waals surface area contributed by atoms with Crippen LogP contribution in [0.25, 0.3) is 0 Å². The molecule has 0 fully saturated rings. The highest BCUT2D eigenvalue weighted by molar-refractivity contribution is 5.06. The highest BCUT2D eigenvalue weighted by Gasteiger charge is 1.99. The number of nitrogens with one attached hydrogen (secondary N) is 1. The van der Waals surface area contributed by atoms with Crippen molar-refractivity contribution in [3.05, 3.63) is 24.0 Å². The van der Waals surface area contributed by atoms with E-state index < -0.39 is 0 Å². The summed E-state index contributed by atoms with van der Waals surface area (Å²) in [6.45, 7) is 4.43. The van der Waals surface area contributed by atoms with Gasteiger partial charge in [0.15, 0.2) is 0 Å². The minimum Gasteiger partial charge on any atom is -0.350 e. The van der Waals surface area contributed by atoms with E-state index in [1.165, 1.54) is 63.6 Å². The molecule has 1 aromatic heterocycles. The Morgan fingerprint density at radius 3 is 2.33 bits per heavy atom. The maximum atomic E-state index is 3.22. The predicted octanol–water partition coefficient (Wildman–Crippen LogP) is 4.35. The number of aromatic nitrogens is 1. The van der Waals surface area contributed by atoms with Crippen molar-refractivity contribution in [3.8, 4) is 0 Å². The predicted molar refractivity (Wildman–Crippen MR) is 79.8 cm³/mol. The molecule has 0 saturated heterocycles. The van der Waals surface area contributed by atoms with Gasteiger partial charge in [0.05, 0.1) is 0 Å². The lowest BCUT2D eigenvalue weighted by Gasteiger charge is -2.08. The lowest BCUT2D eigenvalue weighted by molar-refractivity contribution is 0.534. The molecule has 0 spiro atoms. The summed E-state index contributed by atoms with van der Waals surface area (Å²) < 4.78 is 2.38. The number of rotatable bonds is 11. The molecule has 0 aliphatic carbocycles. The SMILES string of the molecule is CCCCCCCCCCn1cccc1CNC. The van der Waals surface area contributed by atoms with Crippen LogP contribution >= 0.6 is 0 Å². The number of unbranched alkanes of at least 4 members (excludes halogenated alkanes) is 7. The number of aryl methyl sites for hydroxylation is 1. The molecule has 1 aromatic rings. The van der Waals surface area contributed by atoms with Gasteiger partial charge in [-0.2, -0.15) is 0 Å². The first-order valence-electron chi connectivity index (χ1n) is 7.67. The Bertz CT molecular complexity index is 291. The van der Waals surface area contributed by atoms with Gasteiger partial charge in [-0.3, -0.25) is 0 Å². The van der Waals surface area contributed by atoms with Crippen molar-refractivity contribution < 1.29 is 0 Å². The standard InChI is InChI=1S/C16H30N2/c1-3-4-5-6-7-8-9-10-13-18-14-11-12-16(18)15-17-2/h11-12,14,17H,3-10,13,15H2,1-2H3. The normalized spacial score (nSPS) is 11.0. The quantitative estimate of drug-likeness (QED) is 0.578. The molecule has 0 atom stereocenters. The largest absolute Gasteiger partial charge is 0.350 e. The van der Waals surface area contributed by atoms with Crippen molar-refractivity contribution in [3.63, 3.8) is 0 Å². The van der Waals surface area contributed by atoms with Gasteiger partial charge in [-0.25, -0.2) is 0 Å². The highest BCUT2D eigenvalue weighted by atomic mass is 15.0. The lowest BCUT2D eigenvalue weighted by atomic mass is 10.1. The van der Waals surface area contributed by atoms with E-state index in [-0.39, 0.29) is 0 Å². The maximum absolute atomic E-state index is 3.22. The zero-order valence-corrected chi connectivity index (χ0v) is 12.3. The first kappa shape index (κ1) is 15.3. The molecule has 0 aliphatic heterocycles. The van der Waals surface area contributed by atoms with Gasteiger partial charge in [0.25, 0.3) is 0 Å². The van der Waals surface area contributed by atoms with E-state index in [1.54, 1.807) is 0 Å². The van der Waals surface area contributed by atoms with E-state index >= 15 is 0 Å². The molecule has 0 aliphatic rings. The van der Waals surface area contributed by atoms with Gasteiger partial charge in [-0.1, -0.05) is 51.9 Å². The van der Waals surface area contributed by atoms with Crippen LogP contribution in [0.5, 0.6) is 0 Å². The van der Waals surface area contributed by atoms with Crippen LogP contribution in [0.3, 0.4) is 0 Å². The van der Waals surface area contributed by atoms with E-state index in [0.29, 0.717) is 0 Å². The average Bonchev–Trinajstić information content (AvgIpc) is 2.81. The van der Waals surface area contributed by atoms with Gasteiger partial charge < -0.3 is 9.88 Å². The third kappa shape index (κ3) is 6.25. The Hall–Kier alpha value is -0.760. The Morgan fingerprint density at radius 1 is 1.00 bits per heavy atom. The second-order valence-electron chi connectivity index (χ2n) is 5.20. The molecule has 0 unspecified atom stereocenters. The highest BCUT2D eigenvalue weighted by Crippen LogP contribution is 2.10. The van der Waals surface area contributed by atoms with Crippen LogP contribution in [0, 0.1) is 0 Å². The molecule has 104 valence electrons. The first-order valence-corrected chi connectivity index (χ1v) is 7.67. The van der Waals surface area contributed by atoms with E-state index in [1.807, 2.05) is 7.05 Å². The van der Waals surface area contributed by atoms with Crippen LogP contribution in [0.1, 0.15) is 64.0 Å². The van der Waals surface area contributed by atoms with E-state index in [9.17, 15) is 0 Å². The molecule has 1 heterocycles. The van der Waals surface area contributed by atoms with Crippen molar-refractivity contribution in [2.24, 2.45) is 0 Å². The molecule has 0 radical (unpaired) electrons. The molecule has 18 heavy (non-hydrogen) atoms. The van der Waals surface area contributed by atoms with Crippen LogP contribution in [-0.2, 0) is 13.1 Å². The van der Waals surface area contributed by atoms with Gasteiger partial charge in [-0.15, -0.1) is 0 Å². The summed E-state index contributed by atoms with van der Waals surface area (Å²) in [5, 5.41) is 3.22. The molecule has 1 rings (SSSR count). The van der Waals surface area contributed by atoms with Crippen LogP contribution < -0.4 is 5.32 Å². The fourth-order valence-electron chi connectivity index (χ4n) is 2.43. The van der Waals surface area contributed by atoms with E-state index in [4.69, 9.17) is 0 Å². The molecule has 1 N–H and O–H groups in total. The van der Waals surface area contributed by atoms with Crippen LogP contribution in [-0.4, -0.2) is 11.6 Å². The third-order valence-electron chi connectivity index (χ3n) is 3.53. The van der Waals surface area contributed by atoms with Crippen molar-refractivity contribution in [2.45, 2.75) is 71.4 Å². The maximum Gasteiger partial charge on any atom is 0.0356 e. The van der Waals surface area contributed by atoms with Crippen molar-refractivity contribution in [1.29, 1.82) is 0 Å². The Balaban J connectivity index is 2.01. The van der Waals surface area contributed by atoms with Crippen molar-refractivity contribution >= 4 is 0 Å². The van der Waals surface area contributed by atoms with Gasteiger partial charge >= 0.3 is 0 Å². The molecule has 2 nitrogen and oxygen atoms in total. The molecular formula is C16H30N2. The third-order valence-corrected chi connectivity index (χ3v) is 3.53. The van der Waals surface area contributed by atoms with E-state index in [2.05, 4.69) is 35.1 Å². The van der Waals surface area contributed by atoms with Crippen LogP contribution in [0.4, 0.5) is 0 Å². The minimum absolute atomic E-state index is 0.976. The lowest BCUT2D eigenvalue weighted by Crippen LogP contribution is -2.10. The van der Waals surface area contributed by atoms with Crippen LogP contribution in [0.15, 0.2) is 18.3 Å². The smallest absolute Gasteiger partial charge is 0.0356 e. The van der Waals surface area contributed by atoms with Gasteiger partial charge in [0, 0.05) is 25.0 Å². The monoisotopic (exact) mass is 250 g/mol. The topological polar surface area (TPSA) is 17.0 Å². The average molecular weight is 250 g/mol. The fraction of sp³-hybridized carbons (Fsp3) is 0.750. The molecule has 0 saturated carbocycles. The summed E-state index contributed by atoms with van der Waals surface area (Å²) in [4.78, 5) is 0. The van der Waals surface area contributed by atoms with E-state index in [0.717, 1.165) is 6.54 Å². The summed E-state index contributed by atoms with van der Waals surface area (Å²) in [5.41, 5.74) is 1.40.